The average molecular weight is 346 g/mol. The highest BCUT2D eigenvalue weighted by Crippen LogP contribution is 2.30. The molecule has 0 aromatic heterocycles. The Balaban J connectivity index is 2.13. The molecule has 1 fully saturated rings. The smallest absolute Gasteiger partial charge is 0.322 e. The second-order valence-corrected chi connectivity index (χ2v) is 6.28. The van der Waals surface area contributed by atoms with Crippen LogP contribution in [0.2, 0.25) is 0 Å². The molecule has 1 unspecified atom stereocenters. The fourth-order valence-electron chi connectivity index (χ4n) is 2.80. The fraction of sp³-hybridized carbons (Fsp3) is 0.562. The molecule has 0 bridgehead atoms. The van der Waals surface area contributed by atoms with Crippen molar-refractivity contribution in [2.45, 2.75) is 44.8 Å². The predicted octanol–water partition coefficient (Wildman–Crippen LogP) is 3.24. The number of nitrogens with zero attached hydrogens (tertiary/aromatic N) is 1. The molecule has 0 saturated carbocycles. The monoisotopic (exact) mass is 346 g/mol. The predicted molar refractivity (Wildman–Crippen MR) is 82.9 cm³/mol. The van der Waals surface area contributed by atoms with E-state index in [1.807, 2.05) is 0 Å². The summed E-state index contributed by atoms with van der Waals surface area (Å²) in [6.45, 7) is 2.81. The average Bonchev–Trinajstić information content (AvgIpc) is 2.97. The van der Waals surface area contributed by atoms with Crippen LogP contribution in [0.4, 0.5) is 23.7 Å². The van der Waals surface area contributed by atoms with Crippen LogP contribution < -0.4 is 10.1 Å². The number of alkyl halides is 2. The van der Waals surface area contributed by atoms with Crippen molar-refractivity contribution in [1.82, 2.24) is 4.90 Å². The number of likely N-dealkylation sites (tertiary alicyclic amines) is 1. The summed E-state index contributed by atoms with van der Waals surface area (Å²) in [5.74, 6) is -0.824. The number of ether oxygens (including phenoxy) is 1. The van der Waals surface area contributed by atoms with Crippen molar-refractivity contribution < 1.29 is 27.8 Å². The van der Waals surface area contributed by atoms with Crippen molar-refractivity contribution in [2.24, 2.45) is 0 Å². The van der Waals surface area contributed by atoms with Gasteiger partial charge < -0.3 is 20.1 Å². The number of rotatable bonds is 5. The van der Waals surface area contributed by atoms with Gasteiger partial charge in [0.05, 0.1) is 17.3 Å². The van der Waals surface area contributed by atoms with E-state index in [1.165, 1.54) is 11.0 Å². The van der Waals surface area contributed by atoms with Gasteiger partial charge in [0.15, 0.2) is 0 Å². The molecule has 1 saturated heterocycles. The minimum Gasteiger partial charge on any atom is -0.485 e. The maximum Gasteiger partial charge on any atom is 0.322 e. The van der Waals surface area contributed by atoms with Gasteiger partial charge in [0, 0.05) is 12.6 Å². The number of carbonyl (C=O) groups is 1. The standard InChI is InChI=1S/C16H21F3N2O3/c1-16(2,23)13-4-3-7-21(13)15(22)20-11-6-5-10(17)8-12(11)24-9-14(18)19/h5-6,8,13-14,23H,3-4,7,9H2,1-2H3,(H,20,22). The topological polar surface area (TPSA) is 61.8 Å². The van der Waals surface area contributed by atoms with E-state index in [2.05, 4.69) is 5.32 Å². The van der Waals surface area contributed by atoms with Gasteiger partial charge in [-0.3, -0.25) is 0 Å². The van der Waals surface area contributed by atoms with Gasteiger partial charge in [0.1, 0.15) is 18.2 Å². The first-order valence-electron chi connectivity index (χ1n) is 7.69. The summed E-state index contributed by atoms with van der Waals surface area (Å²) in [7, 11) is 0. The lowest BCUT2D eigenvalue weighted by molar-refractivity contribution is 0.0117. The third kappa shape index (κ3) is 4.53. The Morgan fingerprint density at radius 2 is 2.21 bits per heavy atom. The Hall–Kier alpha value is -1.96. The summed E-state index contributed by atoms with van der Waals surface area (Å²) in [4.78, 5) is 13.9. The van der Waals surface area contributed by atoms with Gasteiger partial charge in [-0.15, -0.1) is 0 Å². The summed E-state index contributed by atoms with van der Waals surface area (Å²) >= 11 is 0. The van der Waals surface area contributed by atoms with E-state index in [0.717, 1.165) is 18.6 Å². The molecule has 134 valence electrons. The van der Waals surface area contributed by atoms with Crippen LogP contribution >= 0.6 is 0 Å². The summed E-state index contributed by atoms with van der Waals surface area (Å²) in [5.41, 5.74) is -0.963. The quantitative estimate of drug-likeness (QED) is 0.860. The first kappa shape index (κ1) is 18.4. The molecule has 1 aromatic rings. The van der Waals surface area contributed by atoms with Crippen molar-refractivity contribution >= 4 is 11.7 Å². The molecule has 0 radical (unpaired) electrons. The van der Waals surface area contributed by atoms with Gasteiger partial charge >= 0.3 is 6.03 Å². The molecule has 1 heterocycles. The van der Waals surface area contributed by atoms with Crippen LogP contribution in [0.5, 0.6) is 5.75 Å². The Kier molecular flexibility index (Phi) is 5.58. The van der Waals surface area contributed by atoms with E-state index in [4.69, 9.17) is 4.74 Å². The lowest BCUT2D eigenvalue weighted by atomic mass is 9.97. The van der Waals surface area contributed by atoms with Crippen LogP contribution in [-0.2, 0) is 0 Å². The van der Waals surface area contributed by atoms with Gasteiger partial charge in [-0.2, -0.15) is 0 Å². The summed E-state index contributed by atoms with van der Waals surface area (Å²) < 4.78 is 42.8. The van der Waals surface area contributed by atoms with Gasteiger partial charge in [-0.1, -0.05) is 0 Å². The number of aliphatic hydroxyl groups is 1. The van der Waals surface area contributed by atoms with Crippen molar-refractivity contribution in [3.05, 3.63) is 24.0 Å². The van der Waals surface area contributed by atoms with Gasteiger partial charge in [0.2, 0.25) is 0 Å². The highest BCUT2D eigenvalue weighted by Gasteiger charge is 2.38. The van der Waals surface area contributed by atoms with Gasteiger partial charge in [-0.25, -0.2) is 18.0 Å². The minimum absolute atomic E-state index is 0.100. The molecule has 1 aliphatic heterocycles. The number of urea groups is 1. The Labute approximate surface area is 138 Å². The molecular weight excluding hydrogens is 325 g/mol. The van der Waals surface area contributed by atoms with E-state index in [1.54, 1.807) is 13.8 Å². The molecule has 1 aliphatic rings. The van der Waals surface area contributed by atoms with Crippen LogP contribution in [-0.4, -0.2) is 47.3 Å². The van der Waals surface area contributed by atoms with Crippen LogP contribution in [0, 0.1) is 5.82 Å². The Bertz CT molecular complexity index is 590. The SMILES string of the molecule is CC(C)(O)C1CCCN1C(=O)Nc1ccc(F)cc1OCC(F)F. The van der Waals surface area contributed by atoms with Crippen molar-refractivity contribution in [1.29, 1.82) is 0 Å². The zero-order valence-electron chi connectivity index (χ0n) is 13.6. The molecule has 1 aromatic carbocycles. The van der Waals surface area contributed by atoms with E-state index >= 15 is 0 Å². The van der Waals surface area contributed by atoms with Crippen molar-refractivity contribution in [2.75, 3.05) is 18.5 Å². The molecule has 2 rings (SSSR count). The Morgan fingerprint density at radius 1 is 1.50 bits per heavy atom. The first-order chi connectivity index (χ1) is 11.2. The third-order valence-electron chi connectivity index (χ3n) is 3.88. The highest BCUT2D eigenvalue weighted by molar-refractivity contribution is 5.91. The van der Waals surface area contributed by atoms with Gasteiger partial charge in [0.25, 0.3) is 6.43 Å². The van der Waals surface area contributed by atoms with E-state index in [0.29, 0.717) is 13.0 Å². The lowest BCUT2D eigenvalue weighted by Gasteiger charge is -2.33. The van der Waals surface area contributed by atoms with E-state index in [-0.39, 0.29) is 17.5 Å². The summed E-state index contributed by atoms with van der Waals surface area (Å²) in [6.07, 6.45) is -1.30. The number of carbonyl (C=O) groups excluding carboxylic acids is 1. The Morgan fingerprint density at radius 3 is 2.83 bits per heavy atom. The number of hydrogen-bond acceptors (Lipinski definition) is 3. The molecule has 2 amide bonds. The second kappa shape index (κ2) is 7.29. The third-order valence-corrected chi connectivity index (χ3v) is 3.88. The fourth-order valence-corrected chi connectivity index (χ4v) is 2.80. The number of nitrogens with one attached hydrogen (secondary N) is 1. The van der Waals surface area contributed by atoms with E-state index < -0.39 is 30.5 Å². The molecule has 24 heavy (non-hydrogen) atoms. The van der Waals surface area contributed by atoms with Crippen molar-refractivity contribution in [3.8, 4) is 5.75 Å². The molecule has 8 heteroatoms. The number of amides is 2. The number of anilines is 1. The van der Waals surface area contributed by atoms with Crippen LogP contribution in [0.1, 0.15) is 26.7 Å². The molecule has 2 N–H and O–H groups in total. The number of hydrogen-bond donors (Lipinski definition) is 2. The molecule has 5 nitrogen and oxygen atoms in total. The second-order valence-electron chi connectivity index (χ2n) is 6.28. The molecule has 0 aliphatic carbocycles. The first-order valence-corrected chi connectivity index (χ1v) is 7.69. The lowest BCUT2D eigenvalue weighted by Crippen LogP contribution is -2.49. The largest absolute Gasteiger partial charge is 0.485 e. The molecular formula is C16H21F3N2O3. The summed E-state index contributed by atoms with van der Waals surface area (Å²) in [6, 6.07) is 2.44. The van der Waals surface area contributed by atoms with Crippen LogP contribution in [0.25, 0.3) is 0 Å². The number of halogens is 3. The van der Waals surface area contributed by atoms with Crippen LogP contribution in [0.15, 0.2) is 18.2 Å². The van der Waals surface area contributed by atoms with E-state index in [9.17, 15) is 23.1 Å². The highest BCUT2D eigenvalue weighted by atomic mass is 19.3. The minimum atomic E-state index is -2.71. The molecule has 0 spiro atoms. The van der Waals surface area contributed by atoms with Gasteiger partial charge in [-0.05, 0) is 38.8 Å². The summed E-state index contributed by atoms with van der Waals surface area (Å²) in [5, 5.41) is 12.7. The zero-order chi connectivity index (χ0) is 17.9. The maximum absolute atomic E-state index is 13.3. The van der Waals surface area contributed by atoms with Crippen molar-refractivity contribution in [3.63, 3.8) is 0 Å². The normalized spacial score (nSPS) is 18.1. The molecule has 1 atom stereocenters. The van der Waals surface area contributed by atoms with Crippen LogP contribution in [0.3, 0.4) is 0 Å². The maximum atomic E-state index is 13.3. The zero-order valence-corrected chi connectivity index (χ0v) is 13.6. The number of benzene rings is 1.